The number of likely N-dealkylation sites (N-methyl/N-ethyl adjacent to an activating group) is 3. The summed E-state index contributed by atoms with van der Waals surface area (Å²) < 4.78 is 32.9. The molecule has 0 bridgehead atoms. The molecule has 0 saturated carbocycles. The molecule has 0 fully saturated rings. The van der Waals surface area contributed by atoms with E-state index in [1.54, 1.807) is 12.3 Å². The quantitative estimate of drug-likeness (QED) is 0.368. The lowest BCUT2D eigenvalue weighted by atomic mass is 10.2. The molecule has 9 nitrogen and oxygen atoms in total. The Hall–Kier alpha value is -4.51. The van der Waals surface area contributed by atoms with Crippen molar-refractivity contribution in [3.63, 3.8) is 0 Å². The summed E-state index contributed by atoms with van der Waals surface area (Å²) in [4.78, 5) is 27.1. The summed E-state index contributed by atoms with van der Waals surface area (Å²) >= 11 is 0. The van der Waals surface area contributed by atoms with Crippen LogP contribution in [0.2, 0.25) is 0 Å². The predicted molar refractivity (Wildman–Crippen MR) is 151 cm³/mol. The molecule has 0 spiro atoms. The highest BCUT2D eigenvalue weighted by Crippen LogP contribution is 2.32. The van der Waals surface area contributed by atoms with Gasteiger partial charge in [0, 0.05) is 50.7 Å². The minimum absolute atomic E-state index is 0.0612. The zero-order chi connectivity index (χ0) is 28.1. The van der Waals surface area contributed by atoms with Crippen molar-refractivity contribution in [2.75, 3.05) is 68.3 Å². The summed E-state index contributed by atoms with van der Waals surface area (Å²) in [6.07, 6.45) is 4.58. The lowest BCUT2D eigenvalue weighted by Gasteiger charge is -2.26. The number of carbonyl (C=O) groups excluding carboxylic acids is 1. The van der Waals surface area contributed by atoms with E-state index in [1.807, 2.05) is 51.3 Å². The number of ether oxygens (including phenoxy) is 1. The predicted octanol–water partition coefficient (Wildman–Crippen LogP) is 4.49. The Morgan fingerprint density at radius 2 is 1.97 bits per heavy atom. The lowest BCUT2D eigenvalue weighted by Crippen LogP contribution is -2.29. The number of fused-ring (bicyclic) bond motifs is 1. The van der Waals surface area contributed by atoms with E-state index >= 15 is 0 Å². The highest BCUT2D eigenvalue weighted by Gasteiger charge is 2.20. The standard InChI is InChI=1S/C28H31F2N7O2/c1-6-26(38)33-23-15-20(8-9-24(23)36(4)12-11-35(2)3)32-28-31-16-18-13-21(17-37(5)27(18)34-28)39-25-10-7-19(29)14-22(25)30/h6-10,13-16H,1,11-12,17H2,2-5H3,(H,33,38)(H,31,32,34). The Labute approximate surface area is 226 Å². The van der Waals surface area contributed by atoms with Crippen LogP contribution < -0.4 is 25.2 Å². The first kappa shape index (κ1) is 27.5. The number of hydrogen-bond donors (Lipinski definition) is 2. The minimum Gasteiger partial charge on any atom is -0.457 e. The van der Waals surface area contributed by atoms with E-state index in [1.165, 1.54) is 12.1 Å². The molecule has 4 rings (SSSR count). The molecular weight excluding hydrogens is 504 g/mol. The van der Waals surface area contributed by atoms with Crippen LogP contribution in [0.25, 0.3) is 6.08 Å². The van der Waals surface area contributed by atoms with Gasteiger partial charge < -0.3 is 30.1 Å². The van der Waals surface area contributed by atoms with E-state index in [0.717, 1.165) is 30.9 Å². The van der Waals surface area contributed by atoms with Crippen molar-refractivity contribution in [1.29, 1.82) is 0 Å². The molecule has 39 heavy (non-hydrogen) atoms. The van der Waals surface area contributed by atoms with Crippen molar-refractivity contribution in [1.82, 2.24) is 14.9 Å². The largest absolute Gasteiger partial charge is 0.457 e. The monoisotopic (exact) mass is 535 g/mol. The summed E-state index contributed by atoms with van der Waals surface area (Å²) in [5, 5.41) is 6.07. The third kappa shape index (κ3) is 6.88. The van der Waals surface area contributed by atoms with Crippen molar-refractivity contribution < 1.29 is 18.3 Å². The SMILES string of the molecule is C=CC(=O)Nc1cc(Nc2ncc3c(n2)N(C)CC(Oc2ccc(F)cc2F)=C3)ccc1N(C)CCN(C)C. The molecule has 0 radical (unpaired) electrons. The third-order valence-corrected chi connectivity index (χ3v) is 5.99. The Morgan fingerprint density at radius 3 is 2.69 bits per heavy atom. The number of carbonyl (C=O) groups is 1. The number of nitrogens with zero attached hydrogens (tertiary/aromatic N) is 5. The number of nitrogens with one attached hydrogen (secondary N) is 2. The van der Waals surface area contributed by atoms with Gasteiger partial charge in [0.15, 0.2) is 11.6 Å². The van der Waals surface area contributed by atoms with Gasteiger partial charge in [-0.1, -0.05) is 6.58 Å². The van der Waals surface area contributed by atoms with Crippen LogP contribution in [0.4, 0.5) is 37.6 Å². The first-order valence-corrected chi connectivity index (χ1v) is 12.2. The molecule has 204 valence electrons. The average molecular weight is 536 g/mol. The van der Waals surface area contributed by atoms with Crippen LogP contribution in [0.15, 0.2) is 61.0 Å². The van der Waals surface area contributed by atoms with Gasteiger partial charge in [-0.05, 0) is 56.6 Å². The third-order valence-electron chi connectivity index (χ3n) is 5.99. The Balaban J connectivity index is 1.55. The second-order valence-corrected chi connectivity index (χ2v) is 9.39. The molecule has 0 aliphatic carbocycles. The molecule has 3 aromatic rings. The molecule has 0 unspecified atom stereocenters. The lowest BCUT2D eigenvalue weighted by molar-refractivity contribution is -0.111. The van der Waals surface area contributed by atoms with Crippen molar-refractivity contribution >= 4 is 40.8 Å². The number of aromatic nitrogens is 2. The smallest absolute Gasteiger partial charge is 0.247 e. The number of halogens is 2. The van der Waals surface area contributed by atoms with E-state index in [-0.39, 0.29) is 11.7 Å². The molecule has 11 heteroatoms. The molecule has 1 aliphatic heterocycles. The van der Waals surface area contributed by atoms with Crippen molar-refractivity contribution in [3.8, 4) is 5.75 Å². The Bertz CT molecular complexity index is 1410. The number of anilines is 5. The van der Waals surface area contributed by atoms with Crippen LogP contribution in [0, 0.1) is 11.6 Å². The first-order chi connectivity index (χ1) is 18.6. The van der Waals surface area contributed by atoms with E-state index in [4.69, 9.17) is 4.74 Å². The van der Waals surface area contributed by atoms with Gasteiger partial charge in [-0.25, -0.2) is 13.8 Å². The highest BCUT2D eigenvalue weighted by atomic mass is 19.1. The van der Waals surface area contributed by atoms with Crippen LogP contribution >= 0.6 is 0 Å². The number of amides is 1. The molecule has 2 N–H and O–H groups in total. The molecule has 2 heterocycles. The van der Waals surface area contributed by atoms with Crippen LogP contribution in [-0.2, 0) is 4.79 Å². The van der Waals surface area contributed by atoms with Crippen LogP contribution in [0.3, 0.4) is 0 Å². The van der Waals surface area contributed by atoms with Gasteiger partial charge in [0.25, 0.3) is 0 Å². The van der Waals surface area contributed by atoms with Crippen LogP contribution in [-0.4, -0.2) is 68.6 Å². The fourth-order valence-electron chi connectivity index (χ4n) is 3.97. The normalized spacial score (nSPS) is 12.5. The second-order valence-electron chi connectivity index (χ2n) is 9.39. The maximum atomic E-state index is 14.0. The van der Waals surface area contributed by atoms with Gasteiger partial charge >= 0.3 is 0 Å². The fourth-order valence-corrected chi connectivity index (χ4v) is 3.97. The first-order valence-electron chi connectivity index (χ1n) is 12.2. The zero-order valence-electron chi connectivity index (χ0n) is 22.3. The minimum atomic E-state index is -0.779. The highest BCUT2D eigenvalue weighted by molar-refractivity contribution is 6.01. The van der Waals surface area contributed by atoms with Crippen molar-refractivity contribution in [3.05, 3.63) is 78.2 Å². The van der Waals surface area contributed by atoms with E-state index in [2.05, 4.69) is 37.0 Å². The van der Waals surface area contributed by atoms with Gasteiger partial charge in [-0.3, -0.25) is 4.79 Å². The van der Waals surface area contributed by atoms with Gasteiger partial charge in [0.1, 0.15) is 17.4 Å². The summed E-state index contributed by atoms with van der Waals surface area (Å²) in [5.74, 6) is -0.345. The molecule has 1 aromatic heterocycles. The summed E-state index contributed by atoms with van der Waals surface area (Å²) in [5.41, 5.74) is 2.85. The summed E-state index contributed by atoms with van der Waals surface area (Å²) in [6.45, 7) is 5.49. The second kappa shape index (κ2) is 11.9. The van der Waals surface area contributed by atoms with Gasteiger partial charge in [0.05, 0.1) is 17.9 Å². The Kier molecular flexibility index (Phi) is 8.40. The Morgan fingerprint density at radius 1 is 1.18 bits per heavy atom. The molecular formula is C28H31F2N7O2. The van der Waals surface area contributed by atoms with Gasteiger partial charge in [-0.15, -0.1) is 0 Å². The van der Waals surface area contributed by atoms with Crippen molar-refractivity contribution in [2.24, 2.45) is 0 Å². The van der Waals surface area contributed by atoms with Gasteiger partial charge in [-0.2, -0.15) is 4.98 Å². The molecule has 1 aliphatic rings. The maximum Gasteiger partial charge on any atom is 0.247 e. The average Bonchev–Trinajstić information content (AvgIpc) is 2.89. The summed E-state index contributed by atoms with van der Waals surface area (Å²) in [7, 11) is 7.81. The van der Waals surface area contributed by atoms with Crippen molar-refractivity contribution in [2.45, 2.75) is 0 Å². The molecule has 0 saturated heterocycles. The van der Waals surface area contributed by atoms with Crippen LogP contribution in [0.1, 0.15) is 5.56 Å². The number of hydrogen-bond acceptors (Lipinski definition) is 8. The van der Waals surface area contributed by atoms with Crippen LogP contribution in [0.5, 0.6) is 5.75 Å². The van der Waals surface area contributed by atoms with E-state index in [9.17, 15) is 13.6 Å². The van der Waals surface area contributed by atoms with Gasteiger partial charge in [0.2, 0.25) is 11.9 Å². The maximum absolute atomic E-state index is 14.0. The molecule has 1 amide bonds. The number of benzene rings is 2. The molecule has 0 atom stereocenters. The van der Waals surface area contributed by atoms with E-state index in [0.29, 0.717) is 41.0 Å². The zero-order valence-corrected chi connectivity index (χ0v) is 22.3. The molecule has 2 aromatic carbocycles. The van der Waals surface area contributed by atoms with E-state index < -0.39 is 11.6 Å². The topological polar surface area (TPSA) is 85.9 Å². The summed E-state index contributed by atoms with van der Waals surface area (Å²) in [6, 6.07) is 8.80. The fraction of sp³-hybridized carbons (Fsp3) is 0.250. The number of rotatable bonds is 10.